The van der Waals surface area contributed by atoms with Gasteiger partial charge in [0.15, 0.2) is 0 Å². The highest BCUT2D eigenvalue weighted by Crippen LogP contribution is 2.49. The number of aldehydes is 1. The van der Waals surface area contributed by atoms with Crippen molar-refractivity contribution < 1.29 is 4.79 Å². The molecule has 4 atom stereocenters. The SMILES string of the molecule is O=C[C@H]1c2ccccc2[C@@H](Cl)[C@H]2C=CC=C[C@@H]21. The molecule has 17 heavy (non-hydrogen) atoms. The molecule has 0 aliphatic heterocycles. The van der Waals surface area contributed by atoms with Gasteiger partial charge in [-0.05, 0) is 17.0 Å². The molecular weight excluding hydrogens is 232 g/mol. The van der Waals surface area contributed by atoms with Crippen LogP contribution in [0.15, 0.2) is 48.6 Å². The van der Waals surface area contributed by atoms with E-state index >= 15 is 0 Å². The summed E-state index contributed by atoms with van der Waals surface area (Å²) < 4.78 is 0. The minimum absolute atomic E-state index is 0.0337. The standard InChI is InChI=1S/C15H13ClO/c16-15-12-7-3-1-5-10(12)14(9-17)11-6-2-4-8-13(11)15/h1-10,12,14-15H/t10-,12-,14+,15-/m0/s1. The van der Waals surface area contributed by atoms with Crippen LogP contribution in [0.3, 0.4) is 0 Å². The first-order valence-electron chi connectivity index (χ1n) is 5.86. The average molecular weight is 245 g/mol. The fraction of sp³-hybridized carbons (Fsp3) is 0.267. The lowest BCUT2D eigenvalue weighted by Crippen LogP contribution is -2.30. The third kappa shape index (κ3) is 1.57. The van der Waals surface area contributed by atoms with E-state index in [0.717, 1.165) is 17.4 Å². The normalized spacial score (nSPS) is 33.9. The quantitative estimate of drug-likeness (QED) is 0.545. The molecule has 0 aromatic heterocycles. The molecule has 0 spiro atoms. The number of hydrogen-bond donors (Lipinski definition) is 0. The molecule has 1 nitrogen and oxygen atoms in total. The van der Waals surface area contributed by atoms with Crippen LogP contribution in [-0.2, 0) is 4.79 Å². The maximum Gasteiger partial charge on any atom is 0.128 e. The third-order valence-corrected chi connectivity index (χ3v) is 4.30. The van der Waals surface area contributed by atoms with Crippen molar-refractivity contribution in [3.05, 3.63) is 59.7 Å². The molecule has 2 heteroatoms. The molecule has 2 aliphatic carbocycles. The van der Waals surface area contributed by atoms with Crippen molar-refractivity contribution in [3.63, 3.8) is 0 Å². The van der Waals surface area contributed by atoms with Gasteiger partial charge in [0.05, 0.1) is 5.38 Å². The fourth-order valence-electron chi connectivity index (χ4n) is 2.94. The highest BCUT2D eigenvalue weighted by atomic mass is 35.5. The first-order chi connectivity index (χ1) is 8.33. The zero-order chi connectivity index (χ0) is 11.8. The van der Waals surface area contributed by atoms with Crippen molar-refractivity contribution >= 4 is 17.9 Å². The lowest BCUT2D eigenvalue weighted by Gasteiger charge is -2.38. The van der Waals surface area contributed by atoms with Crippen molar-refractivity contribution in [1.29, 1.82) is 0 Å². The maximum atomic E-state index is 11.4. The number of allylic oxidation sites excluding steroid dienone is 4. The molecule has 86 valence electrons. The van der Waals surface area contributed by atoms with Gasteiger partial charge in [0.25, 0.3) is 0 Å². The Balaban J connectivity index is 2.16. The van der Waals surface area contributed by atoms with Gasteiger partial charge in [0.1, 0.15) is 6.29 Å². The Kier molecular flexibility index (Phi) is 2.64. The first-order valence-corrected chi connectivity index (χ1v) is 6.30. The summed E-state index contributed by atoms with van der Waals surface area (Å²) in [4.78, 5) is 11.4. The van der Waals surface area contributed by atoms with E-state index in [2.05, 4.69) is 12.2 Å². The van der Waals surface area contributed by atoms with Crippen LogP contribution in [0, 0.1) is 11.8 Å². The monoisotopic (exact) mass is 244 g/mol. The maximum absolute atomic E-state index is 11.4. The van der Waals surface area contributed by atoms with Crippen molar-refractivity contribution in [1.82, 2.24) is 0 Å². The van der Waals surface area contributed by atoms with Gasteiger partial charge in [0.2, 0.25) is 0 Å². The van der Waals surface area contributed by atoms with Crippen LogP contribution in [0.2, 0.25) is 0 Å². The second-order valence-corrected chi connectivity index (χ2v) is 5.09. The van der Waals surface area contributed by atoms with Crippen LogP contribution in [0.1, 0.15) is 22.4 Å². The van der Waals surface area contributed by atoms with Crippen LogP contribution in [-0.4, -0.2) is 6.29 Å². The van der Waals surface area contributed by atoms with E-state index in [9.17, 15) is 4.79 Å². The summed E-state index contributed by atoms with van der Waals surface area (Å²) in [6, 6.07) is 8.01. The van der Waals surface area contributed by atoms with Gasteiger partial charge in [-0.25, -0.2) is 0 Å². The van der Waals surface area contributed by atoms with Crippen molar-refractivity contribution in [2.45, 2.75) is 11.3 Å². The molecule has 2 aliphatic rings. The van der Waals surface area contributed by atoms with E-state index in [1.54, 1.807) is 0 Å². The molecular formula is C15H13ClO. The topological polar surface area (TPSA) is 17.1 Å². The van der Waals surface area contributed by atoms with Crippen LogP contribution >= 0.6 is 11.6 Å². The van der Waals surface area contributed by atoms with Crippen molar-refractivity contribution in [2.75, 3.05) is 0 Å². The summed E-state index contributed by atoms with van der Waals surface area (Å²) >= 11 is 6.54. The number of alkyl halides is 1. The summed E-state index contributed by atoms with van der Waals surface area (Å²) in [7, 11) is 0. The zero-order valence-corrected chi connectivity index (χ0v) is 10.0. The van der Waals surface area contributed by atoms with E-state index in [1.165, 1.54) is 0 Å². The molecule has 0 bridgehead atoms. The molecule has 0 fully saturated rings. The second kappa shape index (κ2) is 4.15. The predicted molar refractivity (Wildman–Crippen MR) is 69.1 cm³/mol. The highest BCUT2D eigenvalue weighted by Gasteiger charge is 2.39. The Labute approximate surface area is 106 Å². The van der Waals surface area contributed by atoms with Gasteiger partial charge in [-0.2, -0.15) is 0 Å². The molecule has 0 amide bonds. The number of carbonyl (C=O) groups is 1. The van der Waals surface area contributed by atoms with Gasteiger partial charge in [-0.1, -0.05) is 48.6 Å². The van der Waals surface area contributed by atoms with E-state index in [1.807, 2.05) is 36.4 Å². The van der Waals surface area contributed by atoms with Gasteiger partial charge in [-0.3, -0.25) is 0 Å². The zero-order valence-electron chi connectivity index (χ0n) is 9.29. The number of halogens is 1. The minimum Gasteiger partial charge on any atom is -0.303 e. The van der Waals surface area contributed by atoms with E-state index < -0.39 is 0 Å². The van der Waals surface area contributed by atoms with E-state index in [-0.39, 0.29) is 23.1 Å². The number of rotatable bonds is 1. The van der Waals surface area contributed by atoms with Gasteiger partial charge < -0.3 is 4.79 Å². The Morgan fingerprint density at radius 3 is 2.35 bits per heavy atom. The van der Waals surface area contributed by atoms with Crippen LogP contribution < -0.4 is 0 Å². The smallest absolute Gasteiger partial charge is 0.128 e. The minimum atomic E-state index is -0.0626. The number of benzene rings is 1. The molecule has 1 aromatic rings. The third-order valence-electron chi connectivity index (χ3n) is 3.77. The molecule has 0 saturated carbocycles. The summed E-state index contributed by atoms with van der Waals surface area (Å²) in [6.45, 7) is 0. The van der Waals surface area contributed by atoms with Crippen LogP contribution in [0.5, 0.6) is 0 Å². The molecule has 1 aromatic carbocycles. The summed E-state index contributed by atoms with van der Waals surface area (Å²) in [5.74, 6) is 0.370. The number of hydrogen-bond acceptors (Lipinski definition) is 1. The molecule has 0 saturated heterocycles. The largest absolute Gasteiger partial charge is 0.303 e. The van der Waals surface area contributed by atoms with Crippen LogP contribution in [0.4, 0.5) is 0 Å². The average Bonchev–Trinajstić information content (AvgIpc) is 2.40. The number of fused-ring (bicyclic) bond motifs is 2. The second-order valence-electron chi connectivity index (χ2n) is 4.62. The van der Waals surface area contributed by atoms with Crippen molar-refractivity contribution in [2.24, 2.45) is 11.8 Å². The lowest BCUT2D eigenvalue weighted by molar-refractivity contribution is -0.110. The Hall–Kier alpha value is -1.34. The molecule has 0 heterocycles. The Bertz CT molecular complexity index is 503. The highest BCUT2D eigenvalue weighted by molar-refractivity contribution is 6.21. The fourth-order valence-corrected chi connectivity index (χ4v) is 3.39. The summed E-state index contributed by atoms with van der Waals surface area (Å²) in [5, 5.41) is -0.0337. The predicted octanol–water partition coefficient (Wildman–Crippen LogP) is 3.62. The molecule has 0 radical (unpaired) electrons. The van der Waals surface area contributed by atoms with E-state index in [0.29, 0.717) is 0 Å². The van der Waals surface area contributed by atoms with Crippen molar-refractivity contribution in [3.8, 4) is 0 Å². The summed E-state index contributed by atoms with van der Waals surface area (Å²) in [5.41, 5.74) is 2.19. The molecule has 3 rings (SSSR count). The lowest BCUT2D eigenvalue weighted by atomic mass is 9.68. The molecule has 0 unspecified atom stereocenters. The van der Waals surface area contributed by atoms with E-state index in [4.69, 9.17) is 11.6 Å². The Morgan fingerprint density at radius 2 is 1.65 bits per heavy atom. The van der Waals surface area contributed by atoms with Gasteiger partial charge in [0, 0.05) is 11.8 Å². The first kappa shape index (κ1) is 10.8. The van der Waals surface area contributed by atoms with Gasteiger partial charge >= 0.3 is 0 Å². The molecule has 0 N–H and O–H groups in total. The van der Waals surface area contributed by atoms with Crippen LogP contribution in [0.25, 0.3) is 0 Å². The van der Waals surface area contributed by atoms with Gasteiger partial charge in [-0.15, -0.1) is 11.6 Å². The Morgan fingerprint density at radius 1 is 1.00 bits per heavy atom. The summed E-state index contributed by atoms with van der Waals surface area (Å²) in [6.07, 6.45) is 9.31. The number of carbonyl (C=O) groups excluding carboxylic acids is 1.